The van der Waals surface area contributed by atoms with Crippen molar-refractivity contribution in [2.75, 3.05) is 0 Å². The monoisotopic (exact) mass is 217 g/mol. The Kier molecular flexibility index (Phi) is 5.80. The van der Waals surface area contributed by atoms with Gasteiger partial charge in [0.25, 0.3) is 0 Å². The van der Waals surface area contributed by atoms with E-state index in [2.05, 4.69) is 6.58 Å². The van der Waals surface area contributed by atoms with Gasteiger partial charge in [-0.1, -0.05) is 29.8 Å². The number of benzene rings is 1. The molecule has 1 nitrogen and oxygen atoms in total. The zero-order chi connectivity index (χ0) is 8.97. The molecule has 0 aliphatic heterocycles. The third-order valence-electron chi connectivity index (χ3n) is 1.72. The van der Waals surface area contributed by atoms with Gasteiger partial charge in [0.1, 0.15) is 0 Å². The van der Waals surface area contributed by atoms with Gasteiger partial charge < -0.3 is 5.73 Å². The lowest BCUT2D eigenvalue weighted by molar-refractivity contribution is 0.742. The Morgan fingerprint density at radius 3 is 2.38 bits per heavy atom. The van der Waals surface area contributed by atoms with E-state index in [1.54, 1.807) is 0 Å². The highest BCUT2D eigenvalue weighted by molar-refractivity contribution is 6.30. The Labute approximate surface area is 90.0 Å². The highest BCUT2D eigenvalue weighted by atomic mass is 35.5. The summed E-state index contributed by atoms with van der Waals surface area (Å²) in [4.78, 5) is 0. The summed E-state index contributed by atoms with van der Waals surface area (Å²) < 4.78 is 0. The van der Waals surface area contributed by atoms with Crippen molar-refractivity contribution in [3.05, 3.63) is 47.5 Å². The van der Waals surface area contributed by atoms with Crippen LogP contribution >= 0.6 is 24.0 Å². The average Bonchev–Trinajstić information content (AvgIpc) is 2.06. The maximum atomic E-state index is 5.84. The van der Waals surface area contributed by atoms with Gasteiger partial charge in [-0.2, -0.15) is 0 Å². The molecule has 0 bridgehead atoms. The maximum absolute atomic E-state index is 5.84. The van der Waals surface area contributed by atoms with Gasteiger partial charge in [0.2, 0.25) is 0 Å². The van der Waals surface area contributed by atoms with E-state index < -0.39 is 0 Å². The van der Waals surface area contributed by atoms with E-state index in [1.807, 2.05) is 30.3 Å². The molecule has 1 aromatic carbocycles. The van der Waals surface area contributed by atoms with Gasteiger partial charge in [0, 0.05) is 11.1 Å². The molecule has 0 radical (unpaired) electrons. The molecular weight excluding hydrogens is 205 g/mol. The molecule has 13 heavy (non-hydrogen) atoms. The largest absolute Gasteiger partial charge is 0.324 e. The fourth-order valence-corrected chi connectivity index (χ4v) is 1.15. The molecule has 0 saturated heterocycles. The van der Waals surface area contributed by atoms with E-state index >= 15 is 0 Å². The van der Waals surface area contributed by atoms with Crippen LogP contribution in [0.5, 0.6) is 0 Å². The summed E-state index contributed by atoms with van der Waals surface area (Å²) in [5.74, 6) is 0. The van der Waals surface area contributed by atoms with Crippen molar-refractivity contribution in [2.24, 2.45) is 5.73 Å². The van der Waals surface area contributed by atoms with E-state index in [1.165, 1.54) is 0 Å². The van der Waals surface area contributed by atoms with Crippen molar-refractivity contribution < 1.29 is 0 Å². The van der Waals surface area contributed by atoms with Gasteiger partial charge in [-0.05, 0) is 24.1 Å². The van der Waals surface area contributed by atoms with Gasteiger partial charge in [0.15, 0.2) is 0 Å². The molecule has 1 aromatic rings. The molecule has 0 amide bonds. The minimum Gasteiger partial charge on any atom is -0.324 e. The standard InChI is InChI=1S/C10H12ClN.ClH/c1-2-3-10(12)8-4-6-9(11)7-5-8;/h2,4-7,10H,1,3,12H2;1H/t10-;/m0./s1. The van der Waals surface area contributed by atoms with Crippen LogP contribution in [0, 0.1) is 0 Å². The lowest BCUT2D eigenvalue weighted by Gasteiger charge is -2.08. The molecule has 0 aromatic heterocycles. The normalized spacial score (nSPS) is 11.5. The SMILES string of the molecule is C=CC[C@H](N)c1ccc(Cl)cc1.Cl. The van der Waals surface area contributed by atoms with Crippen molar-refractivity contribution in [2.45, 2.75) is 12.5 Å². The van der Waals surface area contributed by atoms with Gasteiger partial charge in [-0.25, -0.2) is 0 Å². The first kappa shape index (κ1) is 12.5. The highest BCUT2D eigenvalue weighted by Crippen LogP contribution is 2.16. The molecule has 1 atom stereocenters. The van der Waals surface area contributed by atoms with Gasteiger partial charge in [0.05, 0.1) is 0 Å². The second-order valence-corrected chi connectivity index (χ2v) is 3.12. The molecule has 2 N–H and O–H groups in total. The molecule has 0 saturated carbocycles. The van der Waals surface area contributed by atoms with Crippen molar-refractivity contribution in [3.63, 3.8) is 0 Å². The van der Waals surface area contributed by atoms with Crippen LogP contribution in [0.3, 0.4) is 0 Å². The number of rotatable bonds is 3. The lowest BCUT2D eigenvalue weighted by atomic mass is 10.1. The topological polar surface area (TPSA) is 26.0 Å². The summed E-state index contributed by atoms with van der Waals surface area (Å²) in [5, 5.41) is 0.740. The zero-order valence-electron chi connectivity index (χ0n) is 7.24. The Morgan fingerprint density at radius 1 is 1.38 bits per heavy atom. The van der Waals surface area contributed by atoms with Crippen molar-refractivity contribution in [1.29, 1.82) is 0 Å². The molecule has 0 fully saturated rings. The zero-order valence-corrected chi connectivity index (χ0v) is 8.81. The molecule has 1 rings (SSSR count). The van der Waals surface area contributed by atoms with E-state index in [0.29, 0.717) is 0 Å². The second kappa shape index (κ2) is 6.03. The molecule has 72 valence electrons. The van der Waals surface area contributed by atoms with Gasteiger partial charge >= 0.3 is 0 Å². The summed E-state index contributed by atoms with van der Waals surface area (Å²) in [5.41, 5.74) is 6.94. The maximum Gasteiger partial charge on any atom is 0.0406 e. The first-order valence-electron chi connectivity index (χ1n) is 3.86. The van der Waals surface area contributed by atoms with E-state index in [9.17, 15) is 0 Å². The molecule has 3 heteroatoms. The van der Waals surface area contributed by atoms with Crippen molar-refractivity contribution in [1.82, 2.24) is 0 Å². The molecule has 0 aliphatic carbocycles. The number of halogens is 2. The first-order valence-corrected chi connectivity index (χ1v) is 4.24. The fraction of sp³-hybridized carbons (Fsp3) is 0.200. The third kappa shape index (κ3) is 3.81. The Balaban J connectivity index is 0.00000144. The summed E-state index contributed by atoms with van der Waals surface area (Å²) in [6.45, 7) is 3.64. The molecular formula is C10H13Cl2N. The third-order valence-corrected chi connectivity index (χ3v) is 1.97. The van der Waals surface area contributed by atoms with Crippen molar-refractivity contribution in [3.8, 4) is 0 Å². The predicted molar refractivity (Wildman–Crippen MR) is 60.4 cm³/mol. The van der Waals surface area contributed by atoms with Crippen LogP contribution in [0.25, 0.3) is 0 Å². The van der Waals surface area contributed by atoms with Crippen molar-refractivity contribution >= 4 is 24.0 Å². The lowest BCUT2D eigenvalue weighted by Crippen LogP contribution is -2.08. The van der Waals surface area contributed by atoms with Crippen LogP contribution in [-0.4, -0.2) is 0 Å². The summed E-state index contributed by atoms with van der Waals surface area (Å²) in [6, 6.07) is 7.62. The predicted octanol–water partition coefficient (Wildman–Crippen LogP) is 3.34. The summed E-state index contributed by atoms with van der Waals surface area (Å²) in [6.07, 6.45) is 2.61. The Hall–Kier alpha value is -0.500. The van der Waals surface area contributed by atoms with Crippen LogP contribution in [0.1, 0.15) is 18.0 Å². The molecule has 0 spiro atoms. The highest BCUT2D eigenvalue weighted by Gasteiger charge is 2.01. The first-order chi connectivity index (χ1) is 5.74. The minimum atomic E-state index is 0. The Bertz CT molecular complexity index is 256. The van der Waals surface area contributed by atoms with E-state index in [4.69, 9.17) is 17.3 Å². The van der Waals surface area contributed by atoms with Gasteiger partial charge in [-0.3, -0.25) is 0 Å². The second-order valence-electron chi connectivity index (χ2n) is 2.68. The Morgan fingerprint density at radius 2 is 1.92 bits per heavy atom. The van der Waals surface area contributed by atoms with Crippen LogP contribution in [0.4, 0.5) is 0 Å². The minimum absolute atomic E-state index is 0. The van der Waals surface area contributed by atoms with E-state index in [-0.39, 0.29) is 18.4 Å². The quantitative estimate of drug-likeness (QED) is 0.773. The fourth-order valence-electron chi connectivity index (χ4n) is 1.03. The van der Waals surface area contributed by atoms with Crippen LogP contribution in [0.2, 0.25) is 5.02 Å². The van der Waals surface area contributed by atoms with Crippen LogP contribution < -0.4 is 5.73 Å². The van der Waals surface area contributed by atoms with E-state index in [0.717, 1.165) is 17.0 Å². The number of nitrogens with two attached hydrogens (primary N) is 1. The van der Waals surface area contributed by atoms with Crippen LogP contribution in [-0.2, 0) is 0 Å². The van der Waals surface area contributed by atoms with Crippen LogP contribution in [0.15, 0.2) is 36.9 Å². The number of hydrogen-bond donors (Lipinski definition) is 1. The molecule has 0 unspecified atom stereocenters. The smallest absolute Gasteiger partial charge is 0.0406 e. The summed E-state index contributed by atoms with van der Waals surface area (Å²) in [7, 11) is 0. The molecule has 0 heterocycles. The van der Waals surface area contributed by atoms with Gasteiger partial charge in [-0.15, -0.1) is 19.0 Å². The number of hydrogen-bond acceptors (Lipinski definition) is 1. The summed E-state index contributed by atoms with van der Waals surface area (Å²) >= 11 is 5.73. The molecule has 0 aliphatic rings. The average molecular weight is 218 g/mol.